The number of alkyl halides is 2. The number of rotatable bonds is 10. The van der Waals surface area contributed by atoms with Crippen molar-refractivity contribution in [2.24, 2.45) is 0 Å². The van der Waals surface area contributed by atoms with Gasteiger partial charge in [-0.2, -0.15) is 8.78 Å². The van der Waals surface area contributed by atoms with E-state index in [4.69, 9.17) is 16.3 Å². The van der Waals surface area contributed by atoms with E-state index in [0.717, 1.165) is 68.9 Å². The van der Waals surface area contributed by atoms with Gasteiger partial charge in [-0.05, 0) is 97.2 Å². The standard InChI is InChI=1S/C35H30ClF7O2/c1-2-3-14-44-24-8-4-20(5-9-24)21-6-11-27(29(37)15-21)23-17-32(40)34(33(41)18-23)35(42,43)45-25-10-12-26(30(38)19-25)22-7-13-28(36)31(39)16-22/h6-7,10-13,15-20,24H,2-5,8-9,14H2,1H3. The van der Waals surface area contributed by atoms with Crippen molar-refractivity contribution in [3.05, 3.63) is 112 Å². The fourth-order valence-electron chi connectivity index (χ4n) is 5.64. The summed E-state index contributed by atoms with van der Waals surface area (Å²) in [5, 5.41) is -0.185. The Morgan fingerprint density at radius 2 is 1.33 bits per heavy atom. The van der Waals surface area contributed by atoms with Gasteiger partial charge in [-0.1, -0.05) is 43.1 Å². The molecule has 0 N–H and O–H groups in total. The first kappa shape index (κ1) is 32.8. The highest BCUT2D eigenvalue weighted by atomic mass is 35.5. The molecule has 0 spiro atoms. The average molecular weight is 651 g/mol. The van der Waals surface area contributed by atoms with Crippen LogP contribution in [0.25, 0.3) is 22.3 Å². The summed E-state index contributed by atoms with van der Waals surface area (Å²) in [6.45, 7) is 2.82. The van der Waals surface area contributed by atoms with Crippen molar-refractivity contribution in [2.45, 2.75) is 63.6 Å². The lowest BCUT2D eigenvalue weighted by molar-refractivity contribution is -0.189. The predicted molar refractivity (Wildman–Crippen MR) is 159 cm³/mol. The summed E-state index contributed by atoms with van der Waals surface area (Å²) in [6.07, 6.45) is 1.01. The Hall–Kier alpha value is -3.56. The van der Waals surface area contributed by atoms with Crippen LogP contribution in [0.5, 0.6) is 5.75 Å². The topological polar surface area (TPSA) is 18.5 Å². The molecular formula is C35H30ClF7O2. The van der Waals surface area contributed by atoms with Gasteiger partial charge in [-0.15, -0.1) is 0 Å². The second-order valence-electron chi connectivity index (χ2n) is 11.1. The first-order chi connectivity index (χ1) is 21.5. The lowest BCUT2D eigenvalue weighted by atomic mass is 9.82. The summed E-state index contributed by atoms with van der Waals surface area (Å²) in [5.74, 6) is -6.56. The fourth-order valence-corrected chi connectivity index (χ4v) is 5.76. The van der Waals surface area contributed by atoms with Gasteiger partial charge < -0.3 is 9.47 Å². The van der Waals surface area contributed by atoms with Crippen molar-refractivity contribution < 1.29 is 40.2 Å². The zero-order valence-electron chi connectivity index (χ0n) is 24.3. The van der Waals surface area contributed by atoms with Crippen molar-refractivity contribution in [3.63, 3.8) is 0 Å². The third kappa shape index (κ3) is 7.47. The number of unbranched alkanes of at least 4 members (excludes halogenated alkanes) is 1. The molecule has 45 heavy (non-hydrogen) atoms. The molecule has 10 heteroatoms. The molecule has 1 aliphatic carbocycles. The molecule has 238 valence electrons. The molecule has 0 amide bonds. The molecule has 0 saturated heterocycles. The van der Waals surface area contributed by atoms with Crippen molar-refractivity contribution in [1.82, 2.24) is 0 Å². The normalized spacial score (nSPS) is 17.0. The molecule has 0 aromatic heterocycles. The molecule has 0 aliphatic heterocycles. The Balaban J connectivity index is 1.31. The Kier molecular flexibility index (Phi) is 10.1. The van der Waals surface area contributed by atoms with Gasteiger partial charge in [0.2, 0.25) is 0 Å². The molecule has 4 aromatic rings. The first-order valence-corrected chi connectivity index (χ1v) is 15.1. The molecule has 0 atom stereocenters. The summed E-state index contributed by atoms with van der Waals surface area (Å²) < 4.78 is 114. The molecule has 1 fully saturated rings. The zero-order chi connectivity index (χ0) is 32.3. The monoisotopic (exact) mass is 650 g/mol. The van der Waals surface area contributed by atoms with Gasteiger partial charge in [0, 0.05) is 23.8 Å². The van der Waals surface area contributed by atoms with Gasteiger partial charge in [0.05, 0.1) is 11.1 Å². The van der Waals surface area contributed by atoms with E-state index in [1.807, 2.05) is 0 Å². The second-order valence-corrected chi connectivity index (χ2v) is 11.5. The minimum absolute atomic E-state index is 0.0837. The predicted octanol–water partition coefficient (Wildman–Crippen LogP) is 11.3. The molecule has 1 aliphatic rings. The lowest BCUT2D eigenvalue weighted by Gasteiger charge is -2.29. The van der Waals surface area contributed by atoms with Crippen molar-refractivity contribution >= 4 is 11.6 Å². The van der Waals surface area contributed by atoms with Crippen LogP contribution in [0.3, 0.4) is 0 Å². The molecule has 0 bridgehead atoms. The fraction of sp³-hybridized carbons (Fsp3) is 0.314. The van der Waals surface area contributed by atoms with E-state index in [1.165, 1.54) is 24.3 Å². The summed E-state index contributed by atoms with van der Waals surface area (Å²) >= 11 is 5.64. The summed E-state index contributed by atoms with van der Waals surface area (Å²) in [6, 6.07) is 11.7. The van der Waals surface area contributed by atoms with Crippen molar-refractivity contribution in [2.75, 3.05) is 6.61 Å². The van der Waals surface area contributed by atoms with E-state index in [0.29, 0.717) is 18.2 Å². The second kappa shape index (κ2) is 13.8. The Bertz CT molecular complexity index is 1650. The van der Waals surface area contributed by atoms with Crippen LogP contribution in [0.2, 0.25) is 5.02 Å². The largest absolute Gasteiger partial charge is 0.432 e. The third-order valence-electron chi connectivity index (χ3n) is 8.05. The minimum atomic E-state index is -4.56. The highest BCUT2D eigenvalue weighted by Crippen LogP contribution is 2.40. The Morgan fingerprint density at radius 3 is 1.96 bits per heavy atom. The number of hydrogen-bond acceptors (Lipinski definition) is 2. The summed E-state index contributed by atoms with van der Waals surface area (Å²) in [7, 11) is 0. The summed E-state index contributed by atoms with van der Waals surface area (Å²) in [4.78, 5) is 0. The first-order valence-electron chi connectivity index (χ1n) is 14.7. The van der Waals surface area contributed by atoms with Crippen LogP contribution in [0.4, 0.5) is 30.7 Å². The molecule has 2 nitrogen and oxygen atoms in total. The van der Waals surface area contributed by atoms with Gasteiger partial charge in [0.15, 0.2) is 0 Å². The molecule has 0 unspecified atom stereocenters. The van der Waals surface area contributed by atoms with Crippen LogP contribution in [0.15, 0.2) is 66.7 Å². The van der Waals surface area contributed by atoms with Crippen molar-refractivity contribution in [3.8, 4) is 28.0 Å². The lowest BCUT2D eigenvalue weighted by Crippen LogP contribution is -2.25. The van der Waals surface area contributed by atoms with E-state index in [2.05, 4.69) is 11.7 Å². The third-order valence-corrected chi connectivity index (χ3v) is 8.36. The van der Waals surface area contributed by atoms with Crippen LogP contribution < -0.4 is 4.74 Å². The van der Waals surface area contributed by atoms with Gasteiger partial charge in [-0.3, -0.25) is 0 Å². The molecule has 1 saturated carbocycles. The van der Waals surface area contributed by atoms with E-state index in [9.17, 15) is 8.78 Å². The van der Waals surface area contributed by atoms with Crippen LogP contribution in [0, 0.1) is 29.1 Å². The zero-order valence-corrected chi connectivity index (χ0v) is 25.1. The number of benzene rings is 4. The van der Waals surface area contributed by atoms with Gasteiger partial charge in [0.25, 0.3) is 0 Å². The number of halogens is 8. The maximum Gasteiger partial charge on any atom is 0.432 e. The van der Waals surface area contributed by atoms with Crippen LogP contribution >= 0.6 is 11.6 Å². The van der Waals surface area contributed by atoms with Crippen LogP contribution in [-0.4, -0.2) is 12.7 Å². The van der Waals surface area contributed by atoms with Gasteiger partial charge >= 0.3 is 6.11 Å². The Labute approximate surface area is 261 Å². The maximum atomic E-state index is 15.2. The smallest absolute Gasteiger partial charge is 0.429 e. The molecular weight excluding hydrogens is 621 g/mol. The number of ether oxygens (including phenoxy) is 2. The van der Waals surface area contributed by atoms with E-state index >= 15 is 22.0 Å². The maximum absolute atomic E-state index is 15.2. The molecule has 5 rings (SSSR count). The molecule has 0 heterocycles. The van der Waals surface area contributed by atoms with E-state index in [1.54, 1.807) is 6.07 Å². The number of hydrogen-bond donors (Lipinski definition) is 0. The summed E-state index contributed by atoms with van der Waals surface area (Å²) in [5.41, 5.74) is -1.45. The highest BCUT2D eigenvalue weighted by molar-refractivity contribution is 6.30. The quantitative estimate of drug-likeness (QED) is 0.126. The Morgan fingerprint density at radius 1 is 0.711 bits per heavy atom. The van der Waals surface area contributed by atoms with Crippen molar-refractivity contribution in [1.29, 1.82) is 0 Å². The minimum Gasteiger partial charge on any atom is -0.429 e. The van der Waals surface area contributed by atoms with Crippen LogP contribution in [0.1, 0.15) is 62.5 Å². The average Bonchev–Trinajstić information content (AvgIpc) is 2.98. The van der Waals surface area contributed by atoms with E-state index in [-0.39, 0.29) is 39.3 Å². The molecule has 4 aromatic carbocycles. The SMILES string of the molecule is CCCCOC1CCC(c2ccc(-c3cc(F)c(C(F)(F)Oc4ccc(-c5ccc(Cl)c(F)c5)c(F)c4)c(F)c3)c(F)c2)CC1. The highest BCUT2D eigenvalue weighted by Gasteiger charge is 2.41. The van der Waals surface area contributed by atoms with E-state index < -0.39 is 46.5 Å². The molecule has 0 radical (unpaired) electrons. The van der Waals surface area contributed by atoms with Gasteiger partial charge in [-0.25, -0.2) is 22.0 Å². The van der Waals surface area contributed by atoms with Gasteiger partial charge in [0.1, 0.15) is 40.4 Å². The van der Waals surface area contributed by atoms with Crippen LogP contribution in [-0.2, 0) is 10.8 Å².